The number of phenols is 1. The molecule has 1 unspecified atom stereocenters. The number of hydrogen-bond acceptors (Lipinski definition) is 6. The van der Waals surface area contributed by atoms with E-state index in [2.05, 4.69) is 19.9 Å². The second-order valence-corrected chi connectivity index (χ2v) is 8.23. The molecule has 1 atom stereocenters. The van der Waals surface area contributed by atoms with E-state index < -0.39 is 29.2 Å². The molecule has 0 aliphatic carbocycles. The van der Waals surface area contributed by atoms with Crippen LogP contribution in [0, 0.1) is 17.5 Å². The van der Waals surface area contributed by atoms with Crippen LogP contribution in [0.25, 0.3) is 22.8 Å². The van der Waals surface area contributed by atoms with Crippen molar-refractivity contribution in [1.82, 2.24) is 19.9 Å². The van der Waals surface area contributed by atoms with Crippen LogP contribution in [0.2, 0.25) is 5.02 Å². The summed E-state index contributed by atoms with van der Waals surface area (Å²) in [6, 6.07) is 5.39. The maximum absolute atomic E-state index is 15.1. The largest absolute Gasteiger partial charge is 0.506 e. The number of hydrogen-bond donors (Lipinski definition) is 1. The summed E-state index contributed by atoms with van der Waals surface area (Å²) in [5.74, 6) is -2.72. The highest BCUT2D eigenvalue weighted by atomic mass is 35.5. The molecule has 172 valence electrons. The summed E-state index contributed by atoms with van der Waals surface area (Å²) in [6.07, 6.45) is 5.29. The lowest BCUT2D eigenvalue weighted by atomic mass is 9.95. The molecule has 6 nitrogen and oxygen atoms in total. The van der Waals surface area contributed by atoms with Crippen LogP contribution in [0.5, 0.6) is 5.75 Å². The second kappa shape index (κ2) is 8.57. The number of aromatic nitrogens is 4. The fourth-order valence-corrected chi connectivity index (χ4v) is 4.48. The lowest BCUT2D eigenvalue weighted by molar-refractivity contribution is 0.451. The van der Waals surface area contributed by atoms with Crippen LogP contribution in [0.15, 0.2) is 48.9 Å². The Morgan fingerprint density at radius 3 is 2.56 bits per heavy atom. The van der Waals surface area contributed by atoms with E-state index in [1.807, 2.05) is 6.92 Å². The maximum atomic E-state index is 15.1. The molecule has 1 N–H and O–H groups in total. The van der Waals surface area contributed by atoms with E-state index in [9.17, 15) is 13.9 Å². The SMILES string of the molecule is CC1c2cnc(-c3ncccn3)nc2CCN1c1c(O)cc(F)c(F)c1-c1ccc(F)cc1Cl. The molecule has 0 fully saturated rings. The van der Waals surface area contributed by atoms with Crippen molar-refractivity contribution < 1.29 is 18.3 Å². The Morgan fingerprint density at radius 2 is 1.82 bits per heavy atom. The van der Waals surface area contributed by atoms with Crippen LogP contribution in [0.4, 0.5) is 18.9 Å². The quantitative estimate of drug-likeness (QED) is 0.414. The van der Waals surface area contributed by atoms with Crippen LogP contribution in [0.3, 0.4) is 0 Å². The van der Waals surface area contributed by atoms with Crippen molar-refractivity contribution in [2.75, 3.05) is 11.4 Å². The molecule has 1 aliphatic heterocycles. The first-order valence-electron chi connectivity index (χ1n) is 10.4. The zero-order chi connectivity index (χ0) is 24.0. The van der Waals surface area contributed by atoms with Gasteiger partial charge in [0, 0.05) is 54.3 Å². The van der Waals surface area contributed by atoms with E-state index in [0.717, 1.165) is 29.5 Å². The van der Waals surface area contributed by atoms with Gasteiger partial charge in [0.2, 0.25) is 0 Å². The number of fused-ring (bicyclic) bond motifs is 1. The third-order valence-electron chi connectivity index (χ3n) is 5.83. The van der Waals surface area contributed by atoms with Crippen molar-refractivity contribution in [3.05, 3.63) is 82.7 Å². The maximum Gasteiger partial charge on any atom is 0.197 e. The van der Waals surface area contributed by atoms with Gasteiger partial charge in [-0.25, -0.2) is 33.1 Å². The highest BCUT2D eigenvalue weighted by molar-refractivity contribution is 6.33. The fourth-order valence-electron chi connectivity index (χ4n) is 4.22. The zero-order valence-corrected chi connectivity index (χ0v) is 18.6. The Balaban J connectivity index is 1.61. The molecule has 4 aromatic rings. The van der Waals surface area contributed by atoms with Gasteiger partial charge in [0.1, 0.15) is 11.6 Å². The summed E-state index contributed by atoms with van der Waals surface area (Å²) < 4.78 is 43.1. The Hall–Kier alpha value is -3.72. The number of nitrogens with zero attached hydrogens (tertiary/aromatic N) is 5. The summed E-state index contributed by atoms with van der Waals surface area (Å²) in [5, 5.41) is 10.6. The molecule has 2 aromatic carbocycles. The second-order valence-electron chi connectivity index (χ2n) is 7.83. The van der Waals surface area contributed by atoms with Crippen molar-refractivity contribution in [2.24, 2.45) is 0 Å². The van der Waals surface area contributed by atoms with Gasteiger partial charge in [-0.15, -0.1) is 0 Å². The molecule has 0 amide bonds. The van der Waals surface area contributed by atoms with E-state index in [1.165, 1.54) is 6.07 Å². The Kier molecular flexibility index (Phi) is 5.57. The molecular weight excluding hydrogens is 467 g/mol. The number of rotatable bonds is 3. The summed E-state index contributed by atoms with van der Waals surface area (Å²) >= 11 is 6.18. The number of phenolic OH excluding ortho intramolecular Hbond substituents is 1. The van der Waals surface area contributed by atoms with E-state index in [4.69, 9.17) is 11.6 Å². The Labute approximate surface area is 197 Å². The van der Waals surface area contributed by atoms with Gasteiger partial charge in [-0.2, -0.15) is 0 Å². The molecule has 5 rings (SSSR count). The van der Waals surface area contributed by atoms with Gasteiger partial charge >= 0.3 is 0 Å². The number of halogens is 4. The minimum atomic E-state index is -1.24. The lowest BCUT2D eigenvalue weighted by Gasteiger charge is -2.38. The predicted octanol–water partition coefficient (Wildman–Crippen LogP) is 5.50. The topological polar surface area (TPSA) is 75.0 Å². The summed E-state index contributed by atoms with van der Waals surface area (Å²) in [4.78, 5) is 19.1. The van der Waals surface area contributed by atoms with Gasteiger partial charge < -0.3 is 10.0 Å². The molecule has 34 heavy (non-hydrogen) atoms. The number of anilines is 1. The average Bonchev–Trinajstić information content (AvgIpc) is 2.83. The standard InChI is InChI=1S/C24H17ClF3N5O/c1-12-15-11-31-24(23-29-6-2-7-30-23)32-18(15)5-8-33(12)22-19(34)10-17(27)21(28)20(22)14-4-3-13(26)9-16(14)25/h2-4,6-7,9-12,34H,5,8H2,1H3. The van der Waals surface area contributed by atoms with Crippen molar-refractivity contribution in [3.8, 4) is 28.5 Å². The molecule has 0 spiro atoms. The van der Waals surface area contributed by atoms with E-state index in [0.29, 0.717) is 24.6 Å². The van der Waals surface area contributed by atoms with E-state index in [1.54, 1.807) is 29.6 Å². The van der Waals surface area contributed by atoms with Crippen LogP contribution >= 0.6 is 11.6 Å². The van der Waals surface area contributed by atoms with Crippen molar-refractivity contribution >= 4 is 17.3 Å². The molecule has 1 aliphatic rings. The Bertz CT molecular complexity index is 1400. The molecule has 0 saturated carbocycles. The highest BCUT2D eigenvalue weighted by Crippen LogP contribution is 2.47. The monoisotopic (exact) mass is 483 g/mol. The van der Waals surface area contributed by atoms with Gasteiger partial charge in [-0.1, -0.05) is 11.6 Å². The van der Waals surface area contributed by atoms with E-state index in [-0.39, 0.29) is 21.8 Å². The van der Waals surface area contributed by atoms with Crippen molar-refractivity contribution in [2.45, 2.75) is 19.4 Å². The molecule has 0 saturated heterocycles. The summed E-state index contributed by atoms with van der Waals surface area (Å²) in [7, 11) is 0. The molecule has 3 heterocycles. The van der Waals surface area contributed by atoms with E-state index >= 15 is 4.39 Å². The third-order valence-corrected chi connectivity index (χ3v) is 6.15. The van der Waals surface area contributed by atoms with Crippen LogP contribution in [-0.2, 0) is 6.42 Å². The highest BCUT2D eigenvalue weighted by Gasteiger charge is 2.32. The minimum Gasteiger partial charge on any atom is -0.506 e. The van der Waals surface area contributed by atoms with Crippen LogP contribution in [0.1, 0.15) is 24.2 Å². The number of benzene rings is 2. The fraction of sp³-hybridized carbons (Fsp3) is 0.167. The third kappa shape index (κ3) is 3.71. The summed E-state index contributed by atoms with van der Waals surface area (Å²) in [6.45, 7) is 2.18. The predicted molar refractivity (Wildman–Crippen MR) is 121 cm³/mol. The van der Waals surface area contributed by atoms with Crippen molar-refractivity contribution in [3.63, 3.8) is 0 Å². The molecule has 10 heteroatoms. The first-order chi connectivity index (χ1) is 16.3. The first-order valence-corrected chi connectivity index (χ1v) is 10.8. The molecule has 0 radical (unpaired) electrons. The van der Waals surface area contributed by atoms with Gasteiger partial charge in [-0.3, -0.25) is 0 Å². The van der Waals surface area contributed by atoms with Gasteiger partial charge in [0.25, 0.3) is 0 Å². The van der Waals surface area contributed by atoms with Crippen molar-refractivity contribution in [1.29, 1.82) is 0 Å². The average molecular weight is 484 g/mol. The number of aromatic hydroxyl groups is 1. The van der Waals surface area contributed by atoms with Crippen LogP contribution < -0.4 is 4.90 Å². The molecule has 2 aromatic heterocycles. The van der Waals surface area contributed by atoms with Gasteiger partial charge in [0.15, 0.2) is 23.3 Å². The molecule has 0 bridgehead atoms. The zero-order valence-electron chi connectivity index (χ0n) is 17.8. The first kappa shape index (κ1) is 22.1. The summed E-state index contributed by atoms with van der Waals surface area (Å²) in [5.41, 5.74) is 1.40. The van der Waals surface area contributed by atoms with Crippen LogP contribution in [-0.4, -0.2) is 31.6 Å². The smallest absolute Gasteiger partial charge is 0.197 e. The lowest BCUT2D eigenvalue weighted by Crippen LogP contribution is -2.35. The van der Waals surface area contributed by atoms with Gasteiger partial charge in [-0.05, 0) is 31.2 Å². The van der Waals surface area contributed by atoms with Gasteiger partial charge in [0.05, 0.1) is 22.4 Å². The Morgan fingerprint density at radius 1 is 1.06 bits per heavy atom. The normalized spacial score (nSPS) is 15.3. The molecular formula is C24H17ClF3N5O. The minimum absolute atomic E-state index is 0.0565.